The van der Waals surface area contributed by atoms with Gasteiger partial charge in [-0.3, -0.25) is 14.9 Å². The molecular weight excluding hydrogens is 351 g/mol. The van der Waals surface area contributed by atoms with Crippen molar-refractivity contribution in [3.8, 4) is 0 Å². The zero-order valence-corrected chi connectivity index (χ0v) is 13.6. The van der Waals surface area contributed by atoms with Gasteiger partial charge >= 0.3 is 6.18 Å². The SMILES string of the molecule is CC(C)N1C[C@H](Nc2cc(Cl)c(C(F)(F)F)cc2[N+](=O)[O-])CC1=O. The van der Waals surface area contributed by atoms with Crippen molar-refractivity contribution in [2.75, 3.05) is 11.9 Å². The molecule has 1 atom stereocenters. The number of benzene rings is 1. The van der Waals surface area contributed by atoms with Crippen molar-refractivity contribution in [3.05, 3.63) is 32.8 Å². The van der Waals surface area contributed by atoms with Gasteiger partial charge in [-0.2, -0.15) is 13.2 Å². The van der Waals surface area contributed by atoms with E-state index in [1.165, 1.54) is 0 Å². The maximum atomic E-state index is 12.8. The van der Waals surface area contributed by atoms with Crippen LogP contribution in [-0.4, -0.2) is 34.4 Å². The zero-order valence-electron chi connectivity index (χ0n) is 12.9. The maximum Gasteiger partial charge on any atom is 0.418 e. The Kier molecular flexibility index (Phi) is 4.93. The molecule has 0 bridgehead atoms. The lowest BCUT2D eigenvalue weighted by molar-refractivity contribution is -0.384. The Labute approximate surface area is 140 Å². The Morgan fingerprint density at radius 2 is 2.04 bits per heavy atom. The Hall–Kier alpha value is -2.03. The number of nitro groups is 1. The van der Waals surface area contributed by atoms with E-state index in [9.17, 15) is 28.1 Å². The first-order valence-corrected chi connectivity index (χ1v) is 7.49. The van der Waals surface area contributed by atoms with Gasteiger partial charge in [-0.15, -0.1) is 0 Å². The first-order valence-electron chi connectivity index (χ1n) is 7.11. The molecule has 24 heavy (non-hydrogen) atoms. The van der Waals surface area contributed by atoms with Gasteiger partial charge in [0, 0.05) is 25.1 Å². The smallest absolute Gasteiger partial charge is 0.374 e. The first kappa shape index (κ1) is 18.3. The zero-order chi connectivity index (χ0) is 18.2. The molecule has 0 aliphatic carbocycles. The summed E-state index contributed by atoms with van der Waals surface area (Å²) < 4.78 is 38.5. The van der Waals surface area contributed by atoms with E-state index >= 15 is 0 Å². The number of hydrogen-bond donors (Lipinski definition) is 1. The minimum Gasteiger partial charge on any atom is -0.374 e. The van der Waals surface area contributed by atoms with Crippen LogP contribution in [0.4, 0.5) is 24.5 Å². The molecule has 132 valence electrons. The van der Waals surface area contributed by atoms with Crippen molar-refractivity contribution in [2.45, 2.75) is 38.5 Å². The van der Waals surface area contributed by atoms with Crippen LogP contribution in [0.25, 0.3) is 0 Å². The highest BCUT2D eigenvalue weighted by atomic mass is 35.5. The van der Waals surface area contributed by atoms with E-state index in [0.29, 0.717) is 12.6 Å². The molecule has 1 aromatic rings. The molecule has 1 aliphatic heterocycles. The van der Waals surface area contributed by atoms with Gasteiger partial charge in [0.1, 0.15) is 5.69 Å². The fraction of sp³-hybridized carbons (Fsp3) is 0.500. The molecule has 1 N–H and O–H groups in total. The number of nitrogens with zero attached hydrogens (tertiary/aromatic N) is 2. The van der Waals surface area contributed by atoms with Gasteiger partial charge in [-0.1, -0.05) is 11.6 Å². The van der Waals surface area contributed by atoms with E-state index in [4.69, 9.17) is 11.6 Å². The van der Waals surface area contributed by atoms with Gasteiger partial charge in [-0.25, -0.2) is 0 Å². The van der Waals surface area contributed by atoms with Gasteiger partial charge in [0.2, 0.25) is 5.91 Å². The summed E-state index contributed by atoms with van der Waals surface area (Å²) >= 11 is 5.62. The van der Waals surface area contributed by atoms with Gasteiger partial charge < -0.3 is 10.2 Å². The summed E-state index contributed by atoms with van der Waals surface area (Å²) in [6.07, 6.45) is -4.69. The molecule has 0 aromatic heterocycles. The van der Waals surface area contributed by atoms with Gasteiger partial charge in [0.05, 0.1) is 21.6 Å². The van der Waals surface area contributed by atoms with Crippen LogP contribution in [0.1, 0.15) is 25.8 Å². The molecule has 2 rings (SSSR count). The van der Waals surface area contributed by atoms with Gasteiger partial charge in [0.25, 0.3) is 5.69 Å². The van der Waals surface area contributed by atoms with E-state index in [1.54, 1.807) is 4.90 Å². The summed E-state index contributed by atoms with van der Waals surface area (Å²) in [7, 11) is 0. The van der Waals surface area contributed by atoms with Crippen molar-refractivity contribution in [1.29, 1.82) is 0 Å². The predicted octanol–water partition coefficient (Wildman–Crippen LogP) is 3.69. The van der Waals surface area contributed by atoms with Crippen molar-refractivity contribution in [1.82, 2.24) is 4.90 Å². The molecule has 0 saturated carbocycles. The summed E-state index contributed by atoms with van der Waals surface area (Å²) in [4.78, 5) is 23.6. The van der Waals surface area contributed by atoms with Crippen LogP contribution in [0.5, 0.6) is 0 Å². The van der Waals surface area contributed by atoms with Gasteiger partial charge in [0.15, 0.2) is 0 Å². The topological polar surface area (TPSA) is 75.5 Å². The second kappa shape index (κ2) is 6.46. The molecule has 6 nitrogen and oxygen atoms in total. The summed E-state index contributed by atoms with van der Waals surface area (Å²) in [5.74, 6) is -0.122. The monoisotopic (exact) mass is 365 g/mol. The molecule has 1 aromatic carbocycles. The molecule has 1 fully saturated rings. The molecule has 0 unspecified atom stereocenters. The number of nitro benzene ring substituents is 1. The van der Waals surface area contributed by atoms with Crippen LogP contribution in [0.2, 0.25) is 5.02 Å². The van der Waals surface area contributed by atoms with E-state index in [0.717, 1.165) is 6.07 Å². The summed E-state index contributed by atoms with van der Waals surface area (Å²) in [5, 5.41) is 13.2. The van der Waals surface area contributed by atoms with Crippen molar-refractivity contribution < 1.29 is 22.9 Å². The molecule has 1 saturated heterocycles. The van der Waals surface area contributed by atoms with E-state index in [2.05, 4.69) is 5.32 Å². The third kappa shape index (κ3) is 3.72. The van der Waals surface area contributed by atoms with Crippen LogP contribution in [-0.2, 0) is 11.0 Å². The lowest BCUT2D eigenvalue weighted by Gasteiger charge is -2.21. The van der Waals surface area contributed by atoms with Crippen LogP contribution in [0.3, 0.4) is 0 Å². The molecule has 1 heterocycles. The highest BCUT2D eigenvalue weighted by Gasteiger charge is 2.37. The van der Waals surface area contributed by atoms with Gasteiger partial charge in [-0.05, 0) is 19.9 Å². The molecule has 0 radical (unpaired) electrons. The number of nitrogens with one attached hydrogen (secondary N) is 1. The highest BCUT2D eigenvalue weighted by molar-refractivity contribution is 6.31. The van der Waals surface area contributed by atoms with Crippen molar-refractivity contribution in [2.24, 2.45) is 0 Å². The van der Waals surface area contributed by atoms with Crippen LogP contribution >= 0.6 is 11.6 Å². The largest absolute Gasteiger partial charge is 0.418 e. The summed E-state index contributed by atoms with van der Waals surface area (Å²) in [6.45, 7) is 3.97. The Morgan fingerprint density at radius 1 is 1.42 bits per heavy atom. The number of alkyl halides is 3. The lowest BCUT2D eigenvalue weighted by Crippen LogP contribution is -2.33. The molecule has 1 amide bonds. The number of carbonyl (C=O) groups excluding carboxylic acids is 1. The minimum atomic E-state index is -4.79. The molecule has 0 spiro atoms. The average molecular weight is 366 g/mol. The van der Waals surface area contributed by atoms with Crippen molar-refractivity contribution >= 4 is 28.9 Å². The maximum absolute atomic E-state index is 12.8. The minimum absolute atomic E-state index is 0.0320. The number of likely N-dealkylation sites (tertiary alicyclic amines) is 1. The number of anilines is 1. The van der Waals surface area contributed by atoms with E-state index in [1.807, 2.05) is 13.8 Å². The van der Waals surface area contributed by atoms with E-state index in [-0.39, 0.29) is 24.1 Å². The normalized spacial score (nSPS) is 18.4. The Balaban J connectivity index is 2.32. The number of rotatable bonds is 4. The summed E-state index contributed by atoms with van der Waals surface area (Å²) in [6, 6.07) is 0.814. The van der Waals surface area contributed by atoms with Crippen molar-refractivity contribution in [3.63, 3.8) is 0 Å². The highest BCUT2D eigenvalue weighted by Crippen LogP contribution is 2.40. The van der Waals surface area contributed by atoms with Crippen LogP contribution in [0.15, 0.2) is 12.1 Å². The Morgan fingerprint density at radius 3 is 2.50 bits per heavy atom. The number of halogens is 4. The third-order valence-electron chi connectivity index (χ3n) is 3.73. The fourth-order valence-corrected chi connectivity index (χ4v) is 2.86. The molecule has 10 heteroatoms. The standard InChI is InChI=1S/C14H15ClF3N3O3/c1-7(2)20-6-8(3-13(20)22)19-11-5-10(15)9(14(16,17)18)4-12(11)21(23)24/h4-5,7-8,19H,3,6H2,1-2H3/t8-/m1/s1. The van der Waals surface area contributed by atoms with Crippen LogP contribution < -0.4 is 5.32 Å². The quantitative estimate of drug-likeness (QED) is 0.652. The average Bonchev–Trinajstić information content (AvgIpc) is 2.77. The van der Waals surface area contributed by atoms with E-state index < -0.39 is 33.4 Å². The number of amides is 1. The number of carbonyl (C=O) groups is 1. The summed E-state index contributed by atoms with van der Waals surface area (Å²) in [5.41, 5.74) is -2.14. The fourth-order valence-electron chi connectivity index (χ4n) is 2.59. The first-order chi connectivity index (χ1) is 11.0. The Bertz CT molecular complexity index is 679. The second-order valence-corrected chi connectivity index (χ2v) is 6.20. The van der Waals surface area contributed by atoms with Crippen LogP contribution in [0, 0.1) is 10.1 Å². The predicted molar refractivity (Wildman–Crippen MR) is 82.0 cm³/mol. The molecular formula is C14H15ClF3N3O3. The second-order valence-electron chi connectivity index (χ2n) is 5.79. The molecule has 1 aliphatic rings. The lowest BCUT2D eigenvalue weighted by atomic mass is 10.1. The third-order valence-corrected chi connectivity index (χ3v) is 4.04. The number of hydrogen-bond acceptors (Lipinski definition) is 4.